The van der Waals surface area contributed by atoms with Crippen LogP contribution in [0.15, 0.2) is 35.1 Å². The minimum Gasteiger partial charge on any atom is -0.326 e. The Morgan fingerprint density at radius 1 is 1.20 bits per heavy atom. The number of H-pyrrole nitrogens is 2. The van der Waals surface area contributed by atoms with Gasteiger partial charge in [0, 0.05) is 18.2 Å². The van der Waals surface area contributed by atoms with Crippen molar-refractivity contribution in [2.75, 3.05) is 18.9 Å². The first-order valence-electron chi connectivity index (χ1n) is 6.51. The van der Waals surface area contributed by atoms with Crippen LogP contribution < -0.4 is 16.2 Å². The smallest absolute Gasteiger partial charge is 0.264 e. The van der Waals surface area contributed by atoms with Crippen LogP contribution in [0.2, 0.25) is 0 Å². The molecule has 0 aliphatic carbocycles. The molecule has 2 rings (SSSR count). The Labute approximate surface area is 116 Å². The zero-order valence-corrected chi connectivity index (χ0v) is 11.3. The van der Waals surface area contributed by atoms with Gasteiger partial charge < -0.3 is 10.6 Å². The maximum absolute atomic E-state index is 11.7. The second-order valence-electron chi connectivity index (χ2n) is 4.50. The van der Waals surface area contributed by atoms with E-state index in [2.05, 4.69) is 20.8 Å². The van der Waals surface area contributed by atoms with E-state index in [1.807, 2.05) is 31.3 Å². The number of amides is 1. The molecule has 1 amide bonds. The van der Waals surface area contributed by atoms with Crippen LogP contribution in [-0.4, -0.2) is 29.7 Å². The predicted molar refractivity (Wildman–Crippen MR) is 78.6 cm³/mol. The van der Waals surface area contributed by atoms with Crippen molar-refractivity contribution >= 4 is 11.6 Å². The van der Waals surface area contributed by atoms with Gasteiger partial charge in [-0.2, -0.15) is 0 Å². The normalized spacial score (nSPS) is 10.4. The molecule has 0 aliphatic rings. The van der Waals surface area contributed by atoms with E-state index >= 15 is 0 Å². The Balaban J connectivity index is 1.94. The Morgan fingerprint density at radius 2 is 1.95 bits per heavy atom. The number of rotatable bonds is 6. The third-order valence-electron chi connectivity index (χ3n) is 2.91. The topological polar surface area (TPSA) is 89.8 Å². The van der Waals surface area contributed by atoms with Gasteiger partial charge in [0.2, 0.25) is 5.91 Å². The van der Waals surface area contributed by atoms with Crippen LogP contribution in [0, 0.1) is 0 Å². The van der Waals surface area contributed by atoms with E-state index in [1.54, 1.807) is 0 Å². The minimum atomic E-state index is -0.165. The van der Waals surface area contributed by atoms with Gasteiger partial charge in [-0.25, -0.2) is 0 Å². The van der Waals surface area contributed by atoms with Gasteiger partial charge in [-0.1, -0.05) is 12.1 Å². The van der Waals surface area contributed by atoms with E-state index in [0.717, 1.165) is 29.9 Å². The van der Waals surface area contributed by atoms with Crippen LogP contribution in [-0.2, 0) is 4.79 Å². The summed E-state index contributed by atoms with van der Waals surface area (Å²) >= 11 is 0. The average molecular weight is 274 g/mol. The summed E-state index contributed by atoms with van der Waals surface area (Å²) in [6, 6.07) is 8.82. The summed E-state index contributed by atoms with van der Waals surface area (Å²) < 4.78 is 0. The number of carbonyl (C=O) groups is 1. The Hall–Kier alpha value is -2.34. The molecule has 2 aromatic rings. The molecule has 4 N–H and O–H groups in total. The molecule has 1 heterocycles. The zero-order valence-electron chi connectivity index (χ0n) is 11.3. The van der Waals surface area contributed by atoms with Gasteiger partial charge in [-0.15, -0.1) is 0 Å². The van der Waals surface area contributed by atoms with Gasteiger partial charge in [0.1, 0.15) is 0 Å². The van der Waals surface area contributed by atoms with Crippen LogP contribution in [0.3, 0.4) is 0 Å². The fourth-order valence-electron chi connectivity index (χ4n) is 1.87. The second-order valence-corrected chi connectivity index (χ2v) is 4.50. The molecule has 20 heavy (non-hydrogen) atoms. The van der Waals surface area contributed by atoms with Crippen LogP contribution in [0.25, 0.3) is 11.3 Å². The molecule has 0 unspecified atom stereocenters. The molecule has 106 valence electrons. The molecule has 0 aliphatic heterocycles. The number of nitrogens with one attached hydrogen (secondary N) is 4. The highest BCUT2D eigenvalue weighted by atomic mass is 16.1. The first kappa shape index (κ1) is 14.1. The van der Waals surface area contributed by atoms with Crippen molar-refractivity contribution in [3.05, 3.63) is 40.7 Å². The highest BCUT2D eigenvalue weighted by molar-refractivity contribution is 5.90. The Bertz CT molecular complexity index is 613. The molecule has 1 aromatic heterocycles. The van der Waals surface area contributed by atoms with Crippen molar-refractivity contribution in [3.63, 3.8) is 0 Å². The molecule has 1 aromatic carbocycles. The molecule has 0 bridgehead atoms. The first-order valence-corrected chi connectivity index (χ1v) is 6.51. The van der Waals surface area contributed by atoms with E-state index in [-0.39, 0.29) is 11.5 Å². The quantitative estimate of drug-likeness (QED) is 0.599. The number of anilines is 1. The van der Waals surface area contributed by atoms with Crippen LogP contribution in [0.1, 0.15) is 12.8 Å². The summed E-state index contributed by atoms with van der Waals surface area (Å²) in [5.41, 5.74) is 2.20. The maximum atomic E-state index is 11.7. The third kappa shape index (κ3) is 3.83. The summed E-state index contributed by atoms with van der Waals surface area (Å²) in [4.78, 5) is 22.7. The van der Waals surface area contributed by atoms with Crippen molar-refractivity contribution in [1.29, 1.82) is 0 Å². The lowest BCUT2D eigenvalue weighted by Crippen LogP contribution is -2.15. The Morgan fingerprint density at radius 3 is 2.55 bits per heavy atom. The molecule has 0 atom stereocenters. The molecule has 0 saturated carbocycles. The van der Waals surface area contributed by atoms with Gasteiger partial charge in [0.05, 0.1) is 5.69 Å². The van der Waals surface area contributed by atoms with Crippen molar-refractivity contribution in [2.24, 2.45) is 0 Å². The molecule has 0 radical (unpaired) electrons. The molecule has 0 saturated heterocycles. The zero-order chi connectivity index (χ0) is 14.4. The molecular weight excluding hydrogens is 256 g/mol. The molecule has 0 spiro atoms. The van der Waals surface area contributed by atoms with E-state index in [4.69, 9.17) is 0 Å². The lowest BCUT2D eigenvalue weighted by atomic mass is 10.1. The van der Waals surface area contributed by atoms with Gasteiger partial charge in [-0.3, -0.25) is 19.8 Å². The first-order chi connectivity index (χ1) is 9.69. The number of hydrogen-bond donors (Lipinski definition) is 4. The van der Waals surface area contributed by atoms with Crippen molar-refractivity contribution < 1.29 is 4.79 Å². The summed E-state index contributed by atoms with van der Waals surface area (Å²) in [5, 5.41) is 11.1. The van der Waals surface area contributed by atoms with Crippen LogP contribution in [0.4, 0.5) is 5.69 Å². The highest BCUT2D eigenvalue weighted by Crippen LogP contribution is 2.18. The highest BCUT2D eigenvalue weighted by Gasteiger charge is 2.03. The van der Waals surface area contributed by atoms with Gasteiger partial charge in [0.15, 0.2) is 0 Å². The summed E-state index contributed by atoms with van der Waals surface area (Å²) in [7, 11) is 1.86. The SMILES string of the molecule is CNCCCC(=O)Nc1ccc(-c2cc(=O)[nH][nH]2)cc1. The fraction of sp³-hybridized carbons (Fsp3) is 0.286. The number of benzene rings is 1. The Kier molecular flexibility index (Phi) is 4.73. The third-order valence-corrected chi connectivity index (χ3v) is 2.91. The molecule has 6 heteroatoms. The summed E-state index contributed by atoms with van der Waals surface area (Å²) in [6.45, 7) is 0.827. The fourth-order valence-corrected chi connectivity index (χ4v) is 1.87. The lowest BCUT2D eigenvalue weighted by molar-refractivity contribution is -0.116. The van der Waals surface area contributed by atoms with Crippen molar-refractivity contribution in [2.45, 2.75) is 12.8 Å². The van der Waals surface area contributed by atoms with Gasteiger partial charge in [-0.05, 0) is 37.7 Å². The van der Waals surface area contributed by atoms with E-state index < -0.39 is 0 Å². The monoisotopic (exact) mass is 274 g/mol. The number of aromatic amines is 2. The minimum absolute atomic E-state index is 0.00283. The number of carbonyl (C=O) groups excluding carboxylic acids is 1. The molecule has 6 nitrogen and oxygen atoms in total. The van der Waals surface area contributed by atoms with E-state index in [0.29, 0.717) is 6.42 Å². The van der Waals surface area contributed by atoms with Gasteiger partial charge in [0.25, 0.3) is 5.56 Å². The summed E-state index contributed by atoms with van der Waals surface area (Å²) in [6.07, 6.45) is 1.30. The second kappa shape index (κ2) is 6.72. The standard InChI is InChI=1S/C14H18N4O2/c1-15-8-2-3-13(19)16-11-6-4-10(5-7-11)12-9-14(20)18-17-12/h4-7,9,15H,2-3,8H2,1H3,(H,16,19)(H2,17,18,20). The number of aromatic nitrogens is 2. The van der Waals surface area contributed by atoms with Crippen LogP contribution >= 0.6 is 0 Å². The summed E-state index contributed by atoms with van der Waals surface area (Å²) in [5.74, 6) is 0.00283. The largest absolute Gasteiger partial charge is 0.326 e. The molecule has 0 fully saturated rings. The van der Waals surface area contributed by atoms with Crippen molar-refractivity contribution in [1.82, 2.24) is 15.5 Å². The van der Waals surface area contributed by atoms with E-state index in [1.165, 1.54) is 6.07 Å². The predicted octanol–water partition coefficient (Wildman–Crippen LogP) is 1.31. The molecular formula is C14H18N4O2. The van der Waals surface area contributed by atoms with E-state index in [9.17, 15) is 9.59 Å². The number of hydrogen-bond acceptors (Lipinski definition) is 3. The maximum Gasteiger partial charge on any atom is 0.264 e. The van der Waals surface area contributed by atoms with Gasteiger partial charge >= 0.3 is 0 Å². The van der Waals surface area contributed by atoms with Crippen LogP contribution in [0.5, 0.6) is 0 Å². The lowest BCUT2D eigenvalue weighted by Gasteiger charge is -2.06. The van der Waals surface area contributed by atoms with Crippen molar-refractivity contribution in [3.8, 4) is 11.3 Å². The average Bonchev–Trinajstić information content (AvgIpc) is 2.86.